The summed E-state index contributed by atoms with van der Waals surface area (Å²) in [6.07, 6.45) is 0.677. The molecule has 1 atom stereocenters. The van der Waals surface area contributed by atoms with Gasteiger partial charge in [-0.15, -0.1) is 0 Å². The van der Waals surface area contributed by atoms with Gasteiger partial charge >= 0.3 is 11.9 Å². The lowest BCUT2D eigenvalue weighted by molar-refractivity contribution is -0.175. The maximum atomic E-state index is 12.1. The second-order valence-electron chi connectivity index (χ2n) is 6.73. The number of carbonyl (C=O) groups is 2. The molecule has 118 valence electrons. The first-order valence-electron chi connectivity index (χ1n) is 7.36. The maximum Gasteiger partial charge on any atom is 0.344 e. The molecule has 4 nitrogen and oxygen atoms in total. The molecule has 4 heteroatoms. The average molecular weight is 286 g/mol. The molecule has 0 aromatic rings. The zero-order valence-electron chi connectivity index (χ0n) is 14.2. The molecule has 0 radical (unpaired) electrons. The van der Waals surface area contributed by atoms with Gasteiger partial charge in [0, 0.05) is 0 Å². The van der Waals surface area contributed by atoms with Gasteiger partial charge in [-0.25, -0.2) is 4.79 Å². The quantitative estimate of drug-likeness (QED) is 0.671. The highest BCUT2D eigenvalue weighted by molar-refractivity contribution is 5.80. The predicted molar refractivity (Wildman–Crippen MR) is 79.2 cm³/mol. The number of rotatable bonds is 7. The molecule has 0 amide bonds. The van der Waals surface area contributed by atoms with Crippen LogP contribution < -0.4 is 0 Å². The summed E-state index contributed by atoms with van der Waals surface area (Å²) in [4.78, 5) is 23.9. The molecule has 0 saturated heterocycles. The Labute approximate surface area is 123 Å². The number of esters is 2. The summed E-state index contributed by atoms with van der Waals surface area (Å²) >= 11 is 0. The maximum absolute atomic E-state index is 12.1. The van der Waals surface area contributed by atoms with Gasteiger partial charge in [-0.2, -0.15) is 0 Å². The molecule has 0 aliphatic heterocycles. The molecule has 1 unspecified atom stereocenters. The lowest BCUT2D eigenvalue weighted by atomic mass is 9.77. The van der Waals surface area contributed by atoms with E-state index in [4.69, 9.17) is 9.47 Å². The molecule has 0 fully saturated rings. The molecule has 0 aliphatic carbocycles. The summed E-state index contributed by atoms with van der Waals surface area (Å²) in [5.41, 5.74) is -1.12. The minimum atomic E-state index is -0.562. The third kappa shape index (κ3) is 4.80. The van der Waals surface area contributed by atoms with Crippen LogP contribution in [0.1, 0.15) is 61.8 Å². The highest BCUT2D eigenvalue weighted by Gasteiger charge is 2.37. The SMILES string of the molecule is CCC(C)(C(=O)OCC(=O)OC(C)(C)C(C)C)C(C)C. The van der Waals surface area contributed by atoms with Crippen molar-refractivity contribution in [1.29, 1.82) is 0 Å². The van der Waals surface area contributed by atoms with Crippen LogP contribution in [-0.4, -0.2) is 24.1 Å². The van der Waals surface area contributed by atoms with Crippen LogP contribution in [0.15, 0.2) is 0 Å². The highest BCUT2D eigenvalue weighted by atomic mass is 16.6. The van der Waals surface area contributed by atoms with E-state index in [-0.39, 0.29) is 24.4 Å². The monoisotopic (exact) mass is 286 g/mol. The Hall–Kier alpha value is -1.06. The van der Waals surface area contributed by atoms with Crippen molar-refractivity contribution in [2.75, 3.05) is 6.61 Å². The molecular weight excluding hydrogens is 256 g/mol. The van der Waals surface area contributed by atoms with Crippen LogP contribution in [0.5, 0.6) is 0 Å². The topological polar surface area (TPSA) is 52.6 Å². The van der Waals surface area contributed by atoms with E-state index >= 15 is 0 Å². The fourth-order valence-corrected chi connectivity index (χ4v) is 1.52. The summed E-state index contributed by atoms with van der Waals surface area (Å²) in [6, 6.07) is 0. The minimum absolute atomic E-state index is 0.156. The Kier molecular flexibility index (Phi) is 6.72. The van der Waals surface area contributed by atoms with Gasteiger partial charge in [-0.3, -0.25) is 4.79 Å². The van der Waals surface area contributed by atoms with E-state index in [2.05, 4.69) is 0 Å². The standard InChI is InChI=1S/C16H30O4/c1-9-16(8,12(4)5)14(18)19-10-13(17)20-15(6,7)11(2)3/h11-12H,9-10H2,1-8H3. The van der Waals surface area contributed by atoms with Gasteiger partial charge < -0.3 is 9.47 Å². The van der Waals surface area contributed by atoms with E-state index in [1.54, 1.807) is 0 Å². The number of hydrogen-bond donors (Lipinski definition) is 0. The Morgan fingerprint density at radius 2 is 1.50 bits per heavy atom. The molecule has 0 spiro atoms. The average Bonchev–Trinajstić information content (AvgIpc) is 2.33. The molecular formula is C16H30O4. The predicted octanol–water partition coefficient (Wildman–Crippen LogP) is 3.58. The normalized spacial score (nSPS) is 15.1. The van der Waals surface area contributed by atoms with Crippen LogP contribution in [0.25, 0.3) is 0 Å². The minimum Gasteiger partial charge on any atom is -0.457 e. The molecule has 0 rings (SSSR count). The first-order chi connectivity index (χ1) is 8.97. The Morgan fingerprint density at radius 3 is 1.85 bits per heavy atom. The summed E-state index contributed by atoms with van der Waals surface area (Å²) in [6.45, 7) is 15.1. The second kappa shape index (κ2) is 7.09. The molecule has 0 saturated carbocycles. The van der Waals surface area contributed by atoms with Gasteiger partial charge in [0.25, 0.3) is 0 Å². The van der Waals surface area contributed by atoms with Crippen molar-refractivity contribution in [2.45, 2.75) is 67.4 Å². The van der Waals surface area contributed by atoms with Gasteiger partial charge in [-0.05, 0) is 39.0 Å². The van der Waals surface area contributed by atoms with Crippen molar-refractivity contribution >= 4 is 11.9 Å². The zero-order valence-corrected chi connectivity index (χ0v) is 14.2. The lowest BCUT2D eigenvalue weighted by Gasteiger charge is -2.31. The van der Waals surface area contributed by atoms with E-state index < -0.39 is 17.0 Å². The van der Waals surface area contributed by atoms with E-state index in [0.29, 0.717) is 6.42 Å². The summed E-state index contributed by atoms with van der Waals surface area (Å²) in [5, 5.41) is 0. The highest BCUT2D eigenvalue weighted by Crippen LogP contribution is 2.32. The fourth-order valence-electron chi connectivity index (χ4n) is 1.52. The van der Waals surface area contributed by atoms with Crippen LogP contribution in [0, 0.1) is 17.3 Å². The molecule has 0 aromatic carbocycles. The molecule has 0 aromatic heterocycles. The summed E-state index contributed by atoms with van der Waals surface area (Å²) < 4.78 is 10.5. The molecule has 0 bridgehead atoms. The van der Waals surface area contributed by atoms with Gasteiger partial charge in [0.2, 0.25) is 0 Å². The number of hydrogen-bond acceptors (Lipinski definition) is 4. The van der Waals surface area contributed by atoms with Crippen molar-refractivity contribution in [3.05, 3.63) is 0 Å². The van der Waals surface area contributed by atoms with Crippen LogP contribution in [-0.2, 0) is 19.1 Å². The first-order valence-corrected chi connectivity index (χ1v) is 7.36. The van der Waals surface area contributed by atoms with E-state index in [9.17, 15) is 9.59 Å². The van der Waals surface area contributed by atoms with Crippen molar-refractivity contribution in [3.63, 3.8) is 0 Å². The summed E-state index contributed by atoms with van der Waals surface area (Å²) in [5.74, 6) is -0.490. The summed E-state index contributed by atoms with van der Waals surface area (Å²) in [7, 11) is 0. The Bertz CT molecular complexity index is 344. The van der Waals surface area contributed by atoms with E-state index in [1.165, 1.54) is 0 Å². The van der Waals surface area contributed by atoms with E-state index in [1.807, 2.05) is 55.4 Å². The molecule has 0 aliphatic rings. The van der Waals surface area contributed by atoms with Gasteiger partial charge in [0.15, 0.2) is 6.61 Å². The smallest absolute Gasteiger partial charge is 0.344 e. The molecule has 0 heterocycles. The Balaban J connectivity index is 4.50. The van der Waals surface area contributed by atoms with Crippen LogP contribution in [0.3, 0.4) is 0 Å². The van der Waals surface area contributed by atoms with Crippen molar-refractivity contribution in [3.8, 4) is 0 Å². The van der Waals surface area contributed by atoms with Crippen LogP contribution in [0.2, 0.25) is 0 Å². The second-order valence-corrected chi connectivity index (χ2v) is 6.73. The first kappa shape index (κ1) is 18.9. The van der Waals surface area contributed by atoms with Crippen molar-refractivity contribution in [2.24, 2.45) is 17.3 Å². The number of ether oxygens (including phenoxy) is 2. The van der Waals surface area contributed by atoms with Crippen LogP contribution in [0.4, 0.5) is 0 Å². The third-order valence-electron chi connectivity index (χ3n) is 4.56. The fraction of sp³-hybridized carbons (Fsp3) is 0.875. The van der Waals surface area contributed by atoms with Gasteiger partial charge in [0.1, 0.15) is 5.60 Å². The van der Waals surface area contributed by atoms with E-state index in [0.717, 1.165) is 0 Å². The van der Waals surface area contributed by atoms with Crippen LogP contribution >= 0.6 is 0 Å². The van der Waals surface area contributed by atoms with Gasteiger partial charge in [-0.1, -0.05) is 34.6 Å². The largest absolute Gasteiger partial charge is 0.457 e. The van der Waals surface area contributed by atoms with Crippen molar-refractivity contribution in [1.82, 2.24) is 0 Å². The lowest BCUT2D eigenvalue weighted by Crippen LogP contribution is -2.38. The molecule has 0 N–H and O–H groups in total. The Morgan fingerprint density at radius 1 is 1.00 bits per heavy atom. The number of carbonyl (C=O) groups excluding carboxylic acids is 2. The van der Waals surface area contributed by atoms with Crippen molar-refractivity contribution < 1.29 is 19.1 Å². The molecule has 20 heavy (non-hydrogen) atoms. The third-order valence-corrected chi connectivity index (χ3v) is 4.56. The zero-order chi connectivity index (χ0) is 16.1. The van der Waals surface area contributed by atoms with Gasteiger partial charge in [0.05, 0.1) is 5.41 Å².